The molecule has 3 aromatic carbocycles. The van der Waals surface area contributed by atoms with Crippen molar-refractivity contribution < 1.29 is 24.2 Å². The molecular formula is C27H24ClNO5. The van der Waals surface area contributed by atoms with E-state index in [4.69, 9.17) is 21.1 Å². The van der Waals surface area contributed by atoms with Crippen molar-refractivity contribution in [2.45, 2.75) is 19.9 Å². The fraction of sp³-hybridized carbons (Fsp3) is 0.185. The van der Waals surface area contributed by atoms with Crippen LogP contribution in [0.2, 0.25) is 5.02 Å². The van der Waals surface area contributed by atoms with E-state index >= 15 is 0 Å². The van der Waals surface area contributed by atoms with Crippen LogP contribution < -0.4 is 14.4 Å². The van der Waals surface area contributed by atoms with Gasteiger partial charge in [0, 0.05) is 11.3 Å². The average Bonchev–Trinajstić information content (AvgIpc) is 3.11. The average molecular weight is 478 g/mol. The molecule has 1 N–H and O–H groups in total. The van der Waals surface area contributed by atoms with Gasteiger partial charge in [0.15, 0.2) is 0 Å². The Bertz CT molecular complexity index is 1330. The number of rotatable bonds is 5. The predicted octanol–water partition coefficient (Wildman–Crippen LogP) is 5.60. The number of ketones is 1. The van der Waals surface area contributed by atoms with Gasteiger partial charge in [-0.25, -0.2) is 0 Å². The Hall–Kier alpha value is -3.77. The molecule has 34 heavy (non-hydrogen) atoms. The lowest BCUT2D eigenvalue weighted by Gasteiger charge is -2.27. The molecule has 1 heterocycles. The first-order valence-electron chi connectivity index (χ1n) is 10.6. The molecule has 1 aliphatic rings. The van der Waals surface area contributed by atoms with Crippen LogP contribution in [0.4, 0.5) is 5.69 Å². The summed E-state index contributed by atoms with van der Waals surface area (Å²) in [5, 5.41) is 11.7. The van der Waals surface area contributed by atoms with E-state index in [0.717, 1.165) is 11.1 Å². The summed E-state index contributed by atoms with van der Waals surface area (Å²) in [6.07, 6.45) is 0. The van der Waals surface area contributed by atoms with Crippen molar-refractivity contribution in [3.05, 3.63) is 93.5 Å². The van der Waals surface area contributed by atoms with Crippen LogP contribution in [0, 0.1) is 13.8 Å². The molecule has 1 atom stereocenters. The van der Waals surface area contributed by atoms with Gasteiger partial charge in [-0.1, -0.05) is 35.9 Å². The van der Waals surface area contributed by atoms with Gasteiger partial charge in [-0.05, 0) is 66.9 Å². The van der Waals surface area contributed by atoms with Crippen molar-refractivity contribution in [3.63, 3.8) is 0 Å². The Morgan fingerprint density at radius 1 is 0.971 bits per heavy atom. The highest BCUT2D eigenvalue weighted by atomic mass is 35.5. The number of aliphatic hydroxyl groups is 1. The zero-order valence-electron chi connectivity index (χ0n) is 19.3. The van der Waals surface area contributed by atoms with Gasteiger partial charge in [0.1, 0.15) is 17.3 Å². The number of amides is 1. The van der Waals surface area contributed by atoms with Crippen molar-refractivity contribution in [2.75, 3.05) is 19.1 Å². The summed E-state index contributed by atoms with van der Waals surface area (Å²) in [5.41, 5.74) is 3.36. The molecule has 0 radical (unpaired) electrons. The topological polar surface area (TPSA) is 76.1 Å². The quantitative estimate of drug-likeness (QED) is 0.294. The fourth-order valence-corrected chi connectivity index (χ4v) is 4.36. The van der Waals surface area contributed by atoms with Crippen LogP contribution in [-0.4, -0.2) is 31.0 Å². The lowest BCUT2D eigenvalue weighted by Crippen LogP contribution is -2.30. The maximum Gasteiger partial charge on any atom is 0.300 e. The third-order valence-electron chi connectivity index (χ3n) is 6.11. The normalized spacial score (nSPS) is 17.2. The van der Waals surface area contributed by atoms with Crippen molar-refractivity contribution in [2.24, 2.45) is 0 Å². The summed E-state index contributed by atoms with van der Waals surface area (Å²) in [4.78, 5) is 28.2. The van der Waals surface area contributed by atoms with E-state index in [2.05, 4.69) is 0 Å². The van der Waals surface area contributed by atoms with Crippen LogP contribution in [0.5, 0.6) is 11.5 Å². The second kappa shape index (κ2) is 9.23. The van der Waals surface area contributed by atoms with Gasteiger partial charge in [0.2, 0.25) is 0 Å². The molecule has 6 nitrogen and oxygen atoms in total. The number of aliphatic hydroxyl groups excluding tert-OH is 1. The Kier molecular flexibility index (Phi) is 6.35. The van der Waals surface area contributed by atoms with Gasteiger partial charge >= 0.3 is 0 Å². The summed E-state index contributed by atoms with van der Waals surface area (Å²) in [6.45, 7) is 3.84. The molecule has 1 amide bonds. The Morgan fingerprint density at radius 3 is 2.41 bits per heavy atom. The third kappa shape index (κ3) is 3.90. The number of carbonyl (C=O) groups excluding carboxylic acids is 2. The van der Waals surface area contributed by atoms with E-state index in [-0.39, 0.29) is 11.3 Å². The van der Waals surface area contributed by atoms with Gasteiger partial charge in [0.05, 0.1) is 30.9 Å². The fourth-order valence-electron chi connectivity index (χ4n) is 4.17. The van der Waals surface area contributed by atoms with Crippen LogP contribution >= 0.6 is 11.6 Å². The number of benzene rings is 3. The van der Waals surface area contributed by atoms with Gasteiger partial charge in [-0.15, -0.1) is 0 Å². The SMILES string of the molecule is COc1cccc(C2/C(=C(\O)c3ccc(Cl)c(OC)c3)C(=O)C(=O)N2c2cccc(C)c2C)c1. The second-order valence-corrected chi connectivity index (χ2v) is 8.42. The van der Waals surface area contributed by atoms with Crippen LogP contribution in [0.3, 0.4) is 0 Å². The predicted molar refractivity (Wildman–Crippen MR) is 132 cm³/mol. The highest BCUT2D eigenvalue weighted by Gasteiger charge is 2.47. The van der Waals surface area contributed by atoms with Gasteiger partial charge < -0.3 is 14.6 Å². The van der Waals surface area contributed by atoms with E-state index in [1.54, 1.807) is 49.6 Å². The third-order valence-corrected chi connectivity index (χ3v) is 6.43. The summed E-state index contributed by atoms with van der Waals surface area (Å²) in [5.74, 6) is -0.900. The number of halogens is 1. The monoisotopic (exact) mass is 477 g/mol. The lowest BCUT2D eigenvalue weighted by molar-refractivity contribution is -0.132. The molecule has 0 bridgehead atoms. The van der Waals surface area contributed by atoms with E-state index < -0.39 is 17.7 Å². The molecule has 0 saturated carbocycles. The Labute approximate surface area is 203 Å². The molecule has 1 unspecified atom stereocenters. The standard InChI is InChI=1S/C27H24ClNO5/c1-15-7-5-10-21(16(15)2)29-24(17-8-6-9-19(13-17)33-3)23(26(31)27(29)32)25(30)18-11-12-20(28)22(14-18)34-4/h5-14,24,30H,1-4H3/b25-23+. The van der Waals surface area contributed by atoms with Crippen molar-refractivity contribution in [1.82, 2.24) is 0 Å². The van der Waals surface area contributed by atoms with Gasteiger partial charge in [0.25, 0.3) is 11.7 Å². The van der Waals surface area contributed by atoms with Crippen LogP contribution in [0.15, 0.2) is 66.2 Å². The van der Waals surface area contributed by atoms with Crippen LogP contribution in [0.1, 0.15) is 28.3 Å². The number of nitrogens with zero attached hydrogens (tertiary/aromatic N) is 1. The number of Topliss-reactive ketones (excluding diaryl/α,β-unsaturated/α-hetero) is 1. The highest BCUT2D eigenvalue weighted by Crippen LogP contribution is 2.44. The minimum absolute atomic E-state index is 0.0245. The van der Waals surface area contributed by atoms with E-state index in [0.29, 0.717) is 33.3 Å². The second-order valence-electron chi connectivity index (χ2n) is 8.01. The minimum atomic E-state index is -0.864. The Balaban J connectivity index is 2.00. The highest BCUT2D eigenvalue weighted by molar-refractivity contribution is 6.51. The number of hydrogen-bond donors (Lipinski definition) is 1. The maximum atomic E-state index is 13.4. The summed E-state index contributed by atoms with van der Waals surface area (Å²) >= 11 is 6.14. The molecule has 3 aromatic rings. The molecular weight excluding hydrogens is 454 g/mol. The largest absolute Gasteiger partial charge is 0.507 e. The first kappa shape index (κ1) is 23.4. The Morgan fingerprint density at radius 2 is 1.71 bits per heavy atom. The summed E-state index contributed by atoms with van der Waals surface area (Å²) in [6, 6.07) is 16.5. The van der Waals surface area contributed by atoms with Crippen LogP contribution in [-0.2, 0) is 9.59 Å². The molecule has 174 valence electrons. The summed E-state index contributed by atoms with van der Waals surface area (Å²) < 4.78 is 10.6. The molecule has 7 heteroatoms. The molecule has 1 aliphatic heterocycles. The molecule has 0 aliphatic carbocycles. The zero-order valence-corrected chi connectivity index (χ0v) is 20.0. The lowest BCUT2D eigenvalue weighted by atomic mass is 9.94. The zero-order chi connectivity index (χ0) is 24.6. The van der Waals surface area contributed by atoms with Crippen molar-refractivity contribution >= 4 is 34.7 Å². The molecule has 0 spiro atoms. The molecule has 1 saturated heterocycles. The number of hydrogen-bond acceptors (Lipinski definition) is 5. The summed E-state index contributed by atoms with van der Waals surface area (Å²) in [7, 11) is 3.00. The van der Waals surface area contributed by atoms with E-state index in [1.165, 1.54) is 18.1 Å². The first-order valence-corrected chi connectivity index (χ1v) is 11.0. The molecule has 4 rings (SSSR count). The van der Waals surface area contributed by atoms with Crippen LogP contribution in [0.25, 0.3) is 5.76 Å². The van der Waals surface area contributed by atoms with E-state index in [9.17, 15) is 14.7 Å². The number of methoxy groups -OCH3 is 2. The maximum absolute atomic E-state index is 13.4. The number of ether oxygens (including phenoxy) is 2. The first-order chi connectivity index (χ1) is 16.3. The number of anilines is 1. The van der Waals surface area contributed by atoms with Crippen molar-refractivity contribution in [3.8, 4) is 11.5 Å². The number of carbonyl (C=O) groups is 2. The van der Waals surface area contributed by atoms with Crippen molar-refractivity contribution in [1.29, 1.82) is 0 Å². The van der Waals surface area contributed by atoms with Gasteiger partial charge in [-0.3, -0.25) is 14.5 Å². The smallest absolute Gasteiger partial charge is 0.300 e. The molecule has 0 aromatic heterocycles. The minimum Gasteiger partial charge on any atom is -0.507 e. The number of aryl methyl sites for hydroxylation is 1. The van der Waals surface area contributed by atoms with Gasteiger partial charge in [-0.2, -0.15) is 0 Å². The molecule has 1 fully saturated rings. The van der Waals surface area contributed by atoms with E-state index in [1.807, 2.05) is 26.0 Å².